The molecule has 6 nitrogen and oxygen atoms in total. The molecule has 3 aromatic rings. The number of hydrogen-bond acceptors (Lipinski definition) is 6. The Morgan fingerprint density at radius 3 is 2.71 bits per heavy atom. The largest absolute Gasteiger partial charge is 0.493 e. The topological polar surface area (TPSA) is 61.5 Å². The summed E-state index contributed by atoms with van der Waals surface area (Å²) in [7, 11) is 1.37. The Balaban J connectivity index is 1.69. The van der Waals surface area contributed by atoms with Crippen LogP contribution in [0.3, 0.4) is 0 Å². The van der Waals surface area contributed by atoms with Crippen molar-refractivity contribution in [3.8, 4) is 11.5 Å². The Labute approximate surface area is 169 Å². The third-order valence-corrected chi connectivity index (χ3v) is 4.77. The lowest BCUT2D eigenvalue weighted by atomic mass is 10.2. The van der Waals surface area contributed by atoms with Gasteiger partial charge in [-0.1, -0.05) is 35.5 Å². The van der Waals surface area contributed by atoms with Crippen LogP contribution >= 0.6 is 23.4 Å². The van der Waals surface area contributed by atoms with Gasteiger partial charge in [0.2, 0.25) is 5.16 Å². The minimum Gasteiger partial charge on any atom is -0.493 e. The Hall–Kier alpha value is -2.65. The van der Waals surface area contributed by atoms with E-state index in [2.05, 4.69) is 20.0 Å². The summed E-state index contributed by atoms with van der Waals surface area (Å²) < 4.78 is 35.8. The zero-order chi connectivity index (χ0) is 19.9. The normalized spacial score (nSPS) is 11.3. The van der Waals surface area contributed by atoms with Gasteiger partial charge in [0.25, 0.3) is 0 Å². The molecule has 0 aliphatic carbocycles. The van der Waals surface area contributed by atoms with Crippen molar-refractivity contribution in [1.82, 2.24) is 14.9 Å². The van der Waals surface area contributed by atoms with Crippen molar-refractivity contribution in [2.24, 2.45) is 5.10 Å². The minimum absolute atomic E-state index is 0.0434. The van der Waals surface area contributed by atoms with Crippen molar-refractivity contribution < 1.29 is 18.3 Å². The van der Waals surface area contributed by atoms with E-state index in [-0.39, 0.29) is 11.5 Å². The molecular formula is C18H15ClF2N4O2S. The number of benzene rings is 2. The number of rotatable bonds is 8. The van der Waals surface area contributed by atoms with Crippen LogP contribution in [0.15, 0.2) is 59.0 Å². The highest BCUT2D eigenvalue weighted by molar-refractivity contribution is 7.98. The first-order chi connectivity index (χ1) is 13.5. The van der Waals surface area contributed by atoms with Gasteiger partial charge in [-0.05, 0) is 41.5 Å². The third kappa shape index (κ3) is 5.43. The second kappa shape index (κ2) is 9.52. The molecule has 0 aliphatic heterocycles. The quantitative estimate of drug-likeness (QED) is 0.387. The summed E-state index contributed by atoms with van der Waals surface area (Å²) in [4.78, 5) is 0. The Bertz CT molecular complexity index is 951. The van der Waals surface area contributed by atoms with Gasteiger partial charge in [0.1, 0.15) is 6.33 Å². The number of alkyl halides is 2. The van der Waals surface area contributed by atoms with Gasteiger partial charge in [-0.3, -0.25) is 0 Å². The molecule has 28 heavy (non-hydrogen) atoms. The molecule has 3 rings (SSSR count). The van der Waals surface area contributed by atoms with Crippen molar-refractivity contribution >= 4 is 29.6 Å². The maximum atomic E-state index is 12.4. The van der Waals surface area contributed by atoms with E-state index in [9.17, 15) is 8.78 Å². The summed E-state index contributed by atoms with van der Waals surface area (Å²) in [6.07, 6.45) is 3.02. The van der Waals surface area contributed by atoms with E-state index in [1.165, 1.54) is 35.9 Å². The molecule has 1 heterocycles. The molecule has 0 radical (unpaired) electrons. The lowest BCUT2D eigenvalue weighted by Gasteiger charge is -2.10. The number of aromatic nitrogens is 3. The summed E-state index contributed by atoms with van der Waals surface area (Å²) in [5, 5.41) is 13.5. The molecule has 2 aromatic carbocycles. The standard InChI is InChI=1S/C18H15ClF2N4O2S/c1-26-16-8-13(4-7-15(16)27-17(20)21)9-23-25-11-22-24-18(25)28-10-12-2-5-14(19)6-3-12/h2-9,11,17H,10H2,1H3/b23-9+. The molecule has 0 spiro atoms. The van der Waals surface area contributed by atoms with Crippen LogP contribution in [-0.2, 0) is 5.75 Å². The van der Waals surface area contributed by atoms with E-state index in [1.54, 1.807) is 18.3 Å². The molecule has 0 fully saturated rings. The van der Waals surface area contributed by atoms with Gasteiger partial charge in [-0.15, -0.1) is 10.2 Å². The van der Waals surface area contributed by atoms with Crippen LogP contribution in [0.5, 0.6) is 11.5 Å². The number of nitrogens with zero attached hydrogens (tertiary/aromatic N) is 4. The van der Waals surface area contributed by atoms with Gasteiger partial charge >= 0.3 is 6.61 Å². The van der Waals surface area contributed by atoms with Gasteiger partial charge < -0.3 is 9.47 Å². The molecule has 0 atom stereocenters. The lowest BCUT2D eigenvalue weighted by Crippen LogP contribution is -2.03. The lowest BCUT2D eigenvalue weighted by molar-refractivity contribution is -0.0512. The van der Waals surface area contributed by atoms with Gasteiger partial charge in [0.05, 0.1) is 13.3 Å². The van der Waals surface area contributed by atoms with E-state index < -0.39 is 6.61 Å². The fourth-order valence-corrected chi connectivity index (χ4v) is 3.15. The van der Waals surface area contributed by atoms with E-state index >= 15 is 0 Å². The molecule has 0 N–H and O–H groups in total. The van der Waals surface area contributed by atoms with Crippen LogP contribution in [0.4, 0.5) is 8.78 Å². The number of ether oxygens (including phenoxy) is 2. The van der Waals surface area contributed by atoms with Crippen molar-refractivity contribution in [2.45, 2.75) is 17.5 Å². The zero-order valence-electron chi connectivity index (χ0n) is 14.6. The van der Waals surface area contributed by atoms with Crippen molar-refractivity contribution in [3.63, 3.8) is 0 Å². The summed E-state index contributed by atoms with van der Waals surface area (Å²) in [6.45, 7) is -2.93. The van der Waals surface area contributed by atoms with Crippen LogP contribution in [0.25, 0.3) is 0 Å². The summed E-state index contributed by atoms with van der Waals surface area (Å²) >= 11 is 7.36. The maximum Gasteiger partial charge on any atom is 0.387 e. The fraction of sp³-hybridized carbons (Fsp3) is 0.167. The van der Waals surface area contributed by atoms with E-state index in [0.717, 1.165) is 5.56 Å². The highest BCUT2D eigenvalue weighted by Gasteiger charge is 2.11. The predicted octanol–water partition coefficient (Wildman–Crippen LogP) is 4.72. The number of thioether (sulfide) groups is 1. The Kier molecular flexibility index (Phi) is 6.83. The van der Waals surface area contributed by atoms with E-state index in [4.69, 9.17) is 16.3 Å². The highest BCUT2D eigenvalue weighted by atomic mass is 35.5. The molecule has 0 amide bonds. The zero-order valence-corrected chi connectivity index (χ0v) is 16.2. The molecule has 1 aromatic heterocycles. The van der Waals surface area contributed by atoms with Crippen molar-refractivity contribution in [2.75, 3.05) is 7.11 Å². The molecule has 146 valence electrons. The molecule has 0 bridgehead atoms. The predicted molar refractivity (Wildman–Crippen MR) is 104 cm³/mol. The van der Waals surface area contributed by atoms with Gasteiger partial charge in [0.15, 0.2) is 11.5 Å². The molecule has 0 saturated carbocycles. The van der Waals surface area contributed by atoms with E-state index in [0.29, 0.717) is 21.5 Å². The number of hydrogen-bond donors (Lipinski definition) is 0. The average Bonchev–Trinajstić information content (AvgIpc) is 3.13. The van der Waals surface area contributed by atoms with E-state index in [1.807, 2.05) is 24.3 Å². The Morgan fingerprint density at radius 1 is 1.21 bits per heavy atom. The summed E-state index contributed by atoms with van der Waals surface area (Å²) in [6, 6.07) is 12.1. The Morgan fingerprint density at radius 2 is 2.00 bits per heavy atom. The number of halogens is 3. The van der Waals surface area contributed by atoms with Crippen molar-refractivity contribution in [3.05, 3.63) is 64.9 Å². The smallest absolute Gasteiger partial charge is 0.387 e. The van der Waals surface area contributed by atoms with Gasteiger partial charge in [-0.25, -0.2) is 0 Å². The van der Waals surface area contributed by atoms with Crippen LogP contribution < -0.4 is 9.47 Å². The first-order valence-corrected chi connectivity index (χ1v) is 9.36. The fourth-order valence-electron chi connectivity index (χ4n) is 2.21. The molecular weight excluding hydrogens is 410 g/mol. The molecule has 0 aliphatic rings. The van der Waals surface area contributed by atoms with Crippen LogP contribution in [-0.4, -0.2) is 34.8 Å². The van der Waals surface area contributed by atoms with Gasteiger partial charge in [-0.2, -0.15) is 18.6 Å². The van der Waals surface area contributed by atoms with Crippen LogP contribution in [0.2, 0.25) is 5.02 Å². The monoisotopic (exact) mass is 424 g/mol. The summed E-state index contributed by atoms with van der Waals surface area (Å²) in [5.41, 5.74) is 1.73. The summed E-state index contributed by atoms with van der Waals surface area (Å²) in [5.74, 6) is 0.822. The maximum absolute atomic E-state index is 12.4. The van der Waals surface area contributed by atoms with Crippen molar-refractivity contribution in [1.29, 1.82) is 0 Å². The average molecular weight is 425 g/mol. The second-order valence-electron chi connectivity index (χ2n) is 5.41. The third-order valence-electron chi connectivity index (χ3n) is 3.52. The van der Waals surface area contributed by atoms with Crippen LogP contribution in [0.1, 0.15) is 11.1 Å². The first-order valence-electron chi connectivity index (χ1n) is 7.99. The molecule has 0 saturated heterocycles. The van der Waals surface area contributed by atoms with Gasteiger partial charge in [0, 0.05) is 10.8 Å². The number of methoxy groups -OCH3 is 1. The molecule has 0 unspecified atom stereocenters. The SMILES string of the molecule is COc1cc(/C=N/n2cnnc2SCc2ccc(Cl)cc2)ccc1OC(F)F. The first kappa shape index (κ1) is 20.1. The highest BCUT2D eigenvalue weighted by Crippen LogP contribution is 2.29. The minimum atomic E-state index is -2.93. The second-order valence-corrected chi connectivity index (χ2v) is 6.79. The molecule has 10 heteroatoms. The van der Waals surface area contributed by atoms with Crippen LogP contribution in [0, 0.1) is 0 Å².